The number of carboxylic acid groups (broad SMARTS) is 2. The molecule has 158 valence electrons. The molecule has 0 atom stereocenters. The molecule has 0 unspecified atom stereocenters. The van der Waals surface area contributed by atoms with Crippen LogP contribution in [-0.2, 0) is 23.2 Å². The number of aromatic nitrogens is 2. The van der Waals surface area contributed by atoms with Crippen LogP contribution in [-0.4, -0.2) is 38.3 Å². The molecule has 30 heavy (non-hydrogen) atoms. The van der Waals surface area contributed by atoms with Crippen LogP contribution in [0.1, 0.15) is 12.5 Å². The summed E-state index contributed by atoms with van der Waals surface area (Å²) in [5.74, 6) is -1.90. The van der Waals surface area contributed by atoms with E-state index in [-0.39, 0.29) is 0 Å². The summed E-state index contributed by atoms with van der Waals surface area (Å²) in [5.41, 5.74) is 3.39. The standard InChI is InChI=1S/C19H20BrN3O.C2H2O4/c1-3-24-17-9-7-14(8-10-17)12-21-19-22-13-18(23(19)2)15-5-4-6-16(20)11-15;3-1(4)2(5)6/h4-11,13H,3,12H2,1-2H3,(H,21,22);(H,3,4)(H,5,6). The number of imidazole rings is 1. The van der Waals surface area contributed by atoms with Crippen molar-refractivity contribution in [2.45, 2.75) is 13.5 Å². The first-order valence-corrected chi connectivity index (χ1v) is 9.80. The zero-order chi connectivity index (χ0) is 22.1. The number of carbonyl (C=O) groups is 2. The molecule has 1 aromatic heterocycles. The van der Waals surface area contributed by atoms with Gasteiger partial charge in [-0.25, -0.2) is 14.6 Å². The third-order valence-corrected chi connectivity index (χ3v) is 4.47. The Morgan fingerprint density at radius 3 is 2.37 bits per heavy atom. The molecule has 0 aliphatic carbocycles. The third-order valence-electron chi connectivity index (χ3n) is 3.98. The van der Waals surface area contributed by atoms with Gasteiger partial charge < -0.3 is 24.8 Å². The van der Waals surface area contributed by atoms with Gasteiger partial charge in [0, 0.05) is 23.6 Å². The van der Waals surface area contributed by atoms with E-state index in [1.54, 1.807) is 0 Å². The molecule has 0 aliphatic rings. The molecule has 0 fully saturated rings. The van der Waals surface area contributed by atoms with Crippen LogP contribution in [0.3, 0.4) is 0 Å². The maximum atomic E-state index is 9.10. The van der Waals surface area contributed by atoms with Gasteiger partial charge in [-0.05, 0) is 36.8 Å². The molecule has 0 saturated heterocycles. The number of rotatable bonds is 6. The number of nitrogens with one attached hydrogen (secondary N) is 1. The molecule has 0 saturated carbocycles. The van der Waals surface area contributed by atoms with Crippen LogP contribution in [0.2, 0.25) is 0 Å². The van der Waals surface area contributed by atoms with Gasteiger partial charge >= 0.3 is 11.9 Å². The first-order chi connectivity index (χ1) is 14.3. The Morgan fingerprint density at radius 1 is 1.13 bits per heavy atom. The number of nitrogens with zero attached hydrogens (tertiary/aromatic N) is 2. The van der Waals surface area contributed by atoms with Gasteiger partial charge in [0.25, 0.3) is 0 Å². The minimum Gasteiger partial charge on any atom is -0.494 e. The highest BCUT2D eigenvalue weighted by Crippen LogP contribution is 2.25. The molecule has 0 spiro atoms. The highest BCUT2D eigenvalue weighted by molar-refractivity contribution is 9.10. The Bertz CT molecular complexity index is 990. The normalized spacial score (nSPS) is 9.97. The van der Waals surface area contributed by atoms with Crippen LogP contribution in [0.4, 0.5) is 5.95 Å². The minimum absolute atomic E-state index is 0.684. The highest BCUT2D eigenvalue weighted by atomic mass is 79.9. The van der Waals surface area contributed by atoms with E-state index in [2.05, 4.69) is 55.1 Å². The molecule has 2 aromatic carbocycles. The van der Waals surface area contributed by atoms with Crippen LogP contribution in [0, 0.1) is 0 Å². The predicted octanol–water partition coefficient (Wildman–Crippen LogP) is 4.02. The van der Waals surface area contributed by atoms with Gasteiger partial charge in [0.05, 0.1) is 18.5 Å². The zero-order valence-electron chi connectivity index (χ0n) is 16.5. The van der Waals surface area contributed by atoms with Gasteiger partial charge in [-0.2, -0.15) is 0 Å². The second kappa shape index (κ2) is 11.0. The van der Waals surface area contributed by atoms with Crippen molar-refractivity contribution in [2.75, 3.05) is 11.9 Å². The number of ether oxygens (including phenoxy) is 1. The molecular weight excluding hydrogens is 454 g/mol. The first-order valence-electron chi connectivity index (χ1n) is 9.01. The smallest absolute Gasteiger partial charge is 0.414 e. The lowest BCUT2D eigenvalue weighted by Gasteiger charge is -2.09. The summed E-state index contributed by atoms with van der Waals surface area (Å²) in [6.07, 6.45) is 1.89. The lowest BCUT2D eigenvalue weighted by molar-refractivity contribution is -0.159. The summed E-state index contributed by atoms with van der Waals surface area (Å²) in [6, 6.07) is 16.3. The maximum absolute atomic E-state index is 9.10. The minimum atomic E-state index is -1.82. The average Bonchev–Trinajstić information content (AvgIpc) is 3.08. The third kappa shape index (κ3) is 6.63. The van der Waals surface area contributed by atoms with Gasteiger partial charge in [0.15, 0.2) is 0 Å². The van der Waals surface area contributed by atoms with E-state index in [1.807, 2.05) is 44.4 Å². The molecule has 0 aliphatic heterocycles. The Morgan fingerprint density at radius 2 is 1.80 bits per heavy atom. The summed E-state index contributed by atoms with van der Waals surface area (Å²) < 4.78 is 8.59. The lowest BCUT2D eigenvalue weighted by atomic mass is 10.2. The fraction of sp³-hybridized carbons (Fsp3) is 0.190. The molecular formula is C21H22BrN3O5. The zero-order valence-corrected chi connectivity index (χ0v) is 18.1. The van der Waals surface area contributed by atoms with Crippen LogP contribution in [0.15, 0.2) is 59.2 Å². The second-order valence-corrected chi connectivity index (χ2v) is 6.99. The molecule has 0 amide bonds. The number of aliphatic carboxylic acids is 2. The van der Waals surface area contributed by atoms with Gasteiger partial charge in [0.1, 0.15) is 5.75 Å². The van der Waals surface area contributed by atoms with E-state index < -0.39 is 11.9 Å². The van der Waals surface area contributed by atoms with Gasteiger partial charge in [-0.15, -0.1) is 0 Å². The first kappa shape index (κ1) is 23.0. The Hall–Kier alpha value is -3.33. The van der Waals surface area contributed by atoms with Gasteiger partial charge in [-0.1, -0.05) is 40.2 Å². The lowest BCUT2D eigenvalue weighted by Crippen LogP contribution is -2.09. The fourth-order valence-corrected chi connectivity index (χ4v) is 2.94. The van der Waals surface area contributed by atoms with E-state index in [1.165, 1.54) is 5.56 Å². The molecule has 3 aromatic rings. The molecule has 3 N–H and O–H groups in total. The number of halogens is 1. The molecule has 0 bridgehead atoms. The van der Waals surface area contributed by atoms with Gasteiger partial charge in [0.2, 0.25) is 5.95 Å². The van der Waals surface area contributed by atoms with Crippen molar-refractivity contribution >= 4 is 33.8 Å². The van der Waals surface area contributed by atoms with Crippen LogP contribution >= 0.6 is 15.9 Å². The Kier molecular flexibility index (Phi) is 8.42. The summed E-state index contributed by atoms with van der Waals surface area (Å²) in [6.45, 7) is 3.39. The number of benzene rings is 2. The van der Waals surface area contributed by atoms with Crippen molar-refractivity contribution in [1.82, 2.24) is 9.55 Å². The molecule has 1 heterocycles. The average molecular weight is 476 g/mol. The largest absolute Gasteiger partial charge is 0.494 e. The van der Waals surface area contributed by atoms with Crippen LogP contribution in [0.25, 0.3) is 11.3 Å². The summed E-state index contributed by atoms with van der Waals surface area (Å²) >= 11 is 3.51. The monoisotopic (exact) mass is 475 g/mol. The molecule has 0 radical (unpaired) electrons. The van der Waals surface area contributed by atoms with Crippen molar-refractivity contribution in [1.29, 1.82) is 0 Å². The number of hydrogen-bond donors (Lipinski definition) is 3. The Balaban J connectivity index is 0.000000469. The van der Waals surface area contributed by atoms with E-state index in [4.69, 9.17) is 24.5 Å². The molecule has 9 heteroatoms. The van der Waals surface area contributed by atoms with E-state index in [0.717, 1.165) is 34.0 Å². The van der Waals surface area contributed by atoms with Crippen molar-refractivity contribution < 1.29 is 24.5 Å². The van der Waals surface area contributed by atoms with Gasteiger partial charge in [-0.3, -0.25) is 0 Å². The number of carboxylic acids is 2. The molecule has 3 rings (SSSR count). The highest BCUT2D eigenvalue weighted by Gasteiger charge is 2.08. The summed E-state index contributed by atoms with van der Waals surface area (Å²) in [5, 5.41) is 18.2. The van der Waals surface area contributed by atoms with E-state index >= 15 is 0 Å². The van der Waals surface area contributed by atoms with E-state index in [0.29, 0.717) is 6.61 Å². The van der Waals surface area contributed by atoms with E-state index in [9.17, 15) is 0 Å². The Labute approximate surface area is 182 Å². The summed E-state index contributed by atoms with van der Waals surface area (Å²) in [7, 11) is 2.02. The quantitative estimate of drug-likeness (QED) is 0.461. The van der Waals surface area contributed by atoms with Crippen molar-refractivity contribution in [2.24, 2.45) is 7.05 Å². The van der Waals surface area contributed by atoms with Crippen LogP contribution < -0.4 is 10.1 Å². The SMILES string of the molecule is CCOc1ccc(CNc2ncc(-c3cccc(Br)c3)n2C)cc1.O=C(O)C(=O)O. The van der Waals surface area contributed by atoms with Crippen LogP contribution in [0.5, 0.6) is 5.75 Å². The van der Waals surface area contributed by atoms with Crippen molar-refractivity contribution in [3.8, 4) is 17.0 Å². The topological polar surface area (TPSA) is 114 Å². The second-order valence-electron chi connectivity index (χ2n) is 6.08. The maximum Gasteiger partial charge on any atom is 0.414 e. The molecule has 8 nitrogen and oxygen atoms in total. The number of anilines is 1. The van der Waals surface area contributed by atoms with Crippen molar-refractivity contribution in [3.63, 3.8) is 0 Å². The fourth-order valence-electron chi connectivity index (χ4n) is 2.54. The van der Waals surface area contributed by atoms with Crippen molar-refractivity contribution in [3.05, 3.63) is 64.8 Å². The summed E-state index contributed by atoms with van der Waals surface area (Å²) in [4.78, 5) is 22.7. The predicted molar refractivity (Wildman–Crippen MR) is 117 cm³/mol. The number of hydrogen-bond acceptors (Lipinski definition) is 5.